The zero-order chi connectivity index (χ0) is 16.8. The summed E-state index contributed by atoms with van der Waals surface area (Å²) in [5.41, 5.74) is 1.37. The van der Waals surface area contributed by atoms with E-state index < -0.39 is 11.9 Å². The summed E-state index contributed by atoms with van der Waals surface area (Å²) >= 11 is 1.38. The van der Waals surface area contributed by atoms with Crippen LogP contribution in [0.1, 0.15) is 45.2 Å². The van der Waals surface area contributed by atoms with Crippen LogP contribution in [0.25, 0.3) is 0 Å². The summed E-state index contributed by atoms with van der Waals surface area (Å²) in [6, 6.07) is 8.91. The van der Waals surface area contributed by atoms with Crippen LogP contribution in [0.4, 0.5) is 0 Å². The molecule has 1 amide bonds. The van der Waals surface area contributed by atoms with Gasteiger partial charge in [-0.3, -0.25) is 9.59 Å². The minimum Gasteiger partial charge on any atom is -0.481 e. The molecule has 1 unspecified atom stereocenters. The summed E-state index contributed by atoms with van der Waals surface area (Å²) in [5.74, 6) is -1.97. The minimum atomic E-state index is -0.954. The van der Waals surface area contributed by atoms with E-state index in [1.54, 1.807) is 31.2 Å². The second-order valence-electron chi connectivity index (χ2n) is 5.28. The second kappa shape index (κ2) is 7.87. The van der Waals surface area contributed by atoms with E-state index in [2.05, 4.69) is 17.2 Å². The van der Waals surface area contributed by atoms with Crippen LogP contribution in [-0.4, -0.2) is 28.5 Å². The Morgan fingerprint density at radius 3 is 2.61 bits per heavy atom. The van der Waals surface area contributed by atoms with E-state index in [1.807, 2.05) is 6.07 Å². The van der Waals surface area contributed by atoms with Crippen LogP contribution >= 0.6 is 11.3 Å². The van der Waals surface area contributed by atoms with Crippen molar-refractivity contribution in [3.8, 4) is 0 Å². The van der Waals surface area contributed by atoms with Crippen molar-refractivity contribution in [3.05, 3.63) is 51.5 Å². The number of aryl methyl sites for hydroxylation is 2. The summed E-state index contributed by atoms with van der Waals surface area (Å²) in [5, 5.41) is 13.0. The number of thiazole rings is 1. The predicted octanol–water partition coefficient (Wildman–Crippen LogP) is 3.00. The van der Waals surface area contributed by atoms with Gasteiger partial charge in [-0.25, -0.2) is 4.98 Å². The number of benzene rings is 1. The van der Waals surface area contributed by atoms with Crippen LogP contribution in [0.3, 0.4) is 0 Å². The third kappa shape index (κ3) is 4.39. The van der Waals surface area contributed by atoms with Gasteiger partial charge in [-0.05, 0) is 25.3 Å². The van der Waals surface area contributed by atoms with E-state index in [-0.39, 0.29) is 12.5 Å². The normalized spacial score (nSPS) is 11.9. The maximum atomic E-state index is 12.3. The molecule has 0 saturated heterocycles. The number of carbonyl (C=O) groups excluding carboxylic acids is 1. The molecule has 0 spiro atoms. The molecular formula is C17H20N2O3S. The van der Waals surface area contributed by atoms with Gasteiger partial charge in [0.05, 0.1) is 16.6 Å². The quantitative estimate of drug-likeness (QED) is 0.817. The lowest BCUT2D eigenvalue weighted by molar-refractivity contribution is -0.138. The van der Waals surface area contributed by atoms with Crippen LogP contribution in [0, 0.1) is 6.92 Å². The fourth-order valence-electron chi connectivity index (χ4n) is 2.29. The molecule has 0 radical (unpaired) electrons. The minimum absolute atomic E-state index is 0.0542. The van der Waals surface area contributed by atoms with Crippen LogP contribution in [0.2, 0.25) is 0 Å². The Morgan fingerprint density at radius 2 is 2.00 bits per heavy atom. The van der Waals surface area contributed by atoms with Crippen LogP contribution in [0.15, 0.2) is 30.3 Å². The SMILES string of the molecule is CCCc1nc(C)c(C(=O)NCC(C(=O)O)c2ccccc2)s1. The molecule has 6 heteroatoms. The Balaban J connectivity index is 2.06. The monoisotopic (exact) mass is 332 g/mol. The van der Waals surface area contributed by atoms with Crippen molar-refractivity contribution in [2.75, 3.05) is 6.54 Å². The molecule has 1 aromatic carbocycles. The predicted molar refractivity (Wildman–Crippen MR) is 90.0 cm³/mol. The molecule has 1 heterocycles. The number of nitrogens with zero attached hydrogens (tertiary/aromatic N) is 1. The standard InChI is InChI=1S/C17H20N2O3S/c1-3-7-14-19-11(2)15(23-14)16(20)18-10-13(17(21)22)12-8-5-4-6-9-12/h4-6,8-9,13H,3,7,10H2,1-2H3,(H,18,20)(H,21,22). The molecule has 0 aliphatic heterocycles. The Bertz CT molecular complexity index is 682. The third-order valence-corrected chi connectivity index (χ3v) is 4.69. The van der Waals surface area contributed by atoms with Gasteiger partial charge in [0.15, 0.2) is 0 Å². The number of carbonyl (C=O) groups is 2. The van der Waals surface area contributed by atoms with Crippen LogP contribution in [0.5, 0.6) is 0 Å². The van der Waals surface area contributed by atoms with Gasteiger partial charge in [0.25, 0.3) is 5.91 Å². The molecule has 2 aromatic rings. The van der Waals surface area contributed by atoms with E-state index in [4.69, 9.17) is 0 Å². The molecular weight excluding hydrogens is 312 g/mol. The van der Waals surface area contributed by atoms with E-state index >= 15 is 0 Å². The Labute approximate surface area is 139 Å². The molecule has 0 bridgehead atoms. The average Bonchev–Trinajstić information content (AvgIpc) is 2.89. The van der Waals surface area contributed by atoms with Gasteiger partial charge in [-0.1, -0.05) is 37.3 Å². The topological polar surface area (TPSA) is 79.3 Å². The summed E-state index contributed by atoms with van der Waals surface area (Å²) in [7, 11) is 0. The first kappa shape index (κ1) is 17.1. The third-order valence-electron chi connectivity index (χ3n) is 3.48. The summed E-state index contributed by atoms with van der Waals surface area (Å²) in [6.45, 7) is 3.92. The summed E-state index contributed by atoms with van der Waals surface area (Å²) in [4.78, 5) is 28.7. The number of aromatic nitrogens is 1. The van der Waals surface area contributed by atoms with Gasteiger partial charge in [0.1, 0.15) is 4.88 Å². The number of amides is 1. The smallest absolute Gasteiger partial charge is 0.312 e. The molecule has 0 saturated carbocycles. The fourth-order valence-corrected chi connectivity index (χ4v) is 3.37. The highest BCUT2D eigenvalue weighted by atomic mass is 32.1. The molecule has 0 aliphatic carbocycles. The number of aliphatic carboxylic acids is 1. The van der Waals surface area contributed by atoms with Crippen molar-refractivity contribution in [2.45, 2.75) is 32.6 Å². The van der Waals surface area contributed by atoms with Crippen molar-refractivity contribution in [3.63, 3.8) is 0 Å². The molecule has 1 atom stereocenters. The maximum absolute atomic E-state index is 12.3. The summed E-state index contributed by atoms with van der Waals surface area (Å²) < 4.78 is 0. The van der Waals surface area contributed by atoms with E-state index in [0.29, 0.717) is 16.1 Å². The van der Waals surface area contributed by atoms with Crippen LogP contribution in [-0.2, 0) is 11.2 Å². The van der Waals surface area contributed by atoms with E-state index in [1.165, 1.54) is 11.3 Å². The van der Waals surface area contributed by atoms with Crippen molar-refractivity contribution < 1.29 is 14.7 Å². The first-order valence-electron chi connectivity index (χ1n) is 7.55. The molecule has 5 nitrogen and oxygen atoms in total. The van der Waals surface area contributed by atoms with E-state index in [9.17, 15) is 14.7 Å². The van der Waals surface area contributed by atoms with Gasteiger partial charge in [-0.15, -0.1) is 11.3 Å². The Kier molecular flexibility index (Phi) is 5.87. The molecule has 122 valence electrons. The number of hydrogen-bond acceptors (Lipinski definition) is 4. The lowest BCUT2D eigenvalue weighted by Crippen LogP contribution is -2.31. The molecule has 2 rings (SSSR count). The molecule has 1 aromatic heterocycles. The van der Waals surface area contributed by atoms with Crippen LogP contribution < -0.4 is 5.32 Å². The van der Waals surface area contributed by atoms with Gasteiger partial charge < -0.3 is 10.4 Å². The number of nitrogens with one attached hydrogen (secondary N) is 1. The molecule has 0 aliphatic rings. The second-order valence-corrected chi connectivity index (χ2v) is 6.37. The summed E-state index contributed by atoms with van der Waals surface area (Å²) in [6.07, 6.45) is 1.82. The highest BCUT2D eigenvalue weighted by molar-refractivity contribution is 7.13. The van der Waals surface area contributed by atoms with Crippen molar-refractivity contribution in [1.82, 2.24) is 10.3 Å². The Morgan fingerprint density at radius 1 is 1.30 bits per heavy atom. The Hall–Kier alpha value is -2.21. The lowest BCUT2D eigenvalue weighted by atomic mass is 9.99. The number of hydrogen-bond donors (Lipinski definition) is 2. The highest BCUT2D eigenvalue weighted by Gasteiger charge is 2.22. The largest absolute Gasteiger partial charge is 0.481 e. The first-order chi connectivity index (χ1) is 11.0. The molecule has 23 heavy (non-hydrogen) atoms. The van der Waals surface area contributed by atoms with Gasteiger partial charge in [0, 0.05) is 6.54 Å². The number of carboxylic acids is 1. The number of rotatable bonds is 7. The first-order valence-corrected chi connectivity index (χ1v) is 8.36. The average molecular weight is 332 g/mol. The van der Waals surface area contributed by atoms with Crippen molar-refractivity contribution in [2.24, 2.45) is 0 Å². The van der Waals surface area contributed by atoms with E-state index in [0.717, 1.165) is 17.8 Å². The molecule has 0 fully saturated rings. The zero-order valence-corrected chi connectivity index (χ0v) is 14.0. The van der Waals surface area contributed by atoms with Crippen molar-refractivity contribution in [1.29, 1.82) is 0 Å². The zero-order valence-electron chi connectivity index (χ0n) is 13.2. The number of carboxylic acid groups (broad SMARTS) is 1. The van der Waals surface area contributed by atoms with Crippen molar-refractivity contribution >= 4 is 23.2 Å². The fraction of sp³-hybridized carbons (Fsp3) is 0.353. The molecule has 2 N–H and O–H groups in total. The highest BCUT2D eigenvalue weighted by Crippen LogP contribution is 2.20. The van der Waals surface area contributed by atoms with Gasteiger partial charge in [0.2, 0.25) is 0 Å². The van der Waals surface area contributed by atoms with Gasteiger partial charge in [-0.2, -0.15) is 0 Å². The van der Waals surface area contributed by atoms with Gasteiger partial charge >= 0.3 is 5.97 Å². The maximum Gasteiger partial charge on any atom is 0.312 e. The lowest BCUT2D eigenvalue weighted by Gasteiger charge is -2.13.